The van der Waals surface area contributed by atoms with Gasteiger partial charge in [-0.05, 0) is 30.3 Å². The number of carbonyl (C=O) groups excluding carboxylic acids is 2. The van der Waals surface area contributed by atoms with E-state index in [1.54, 1.807) is 6.08 Å². The van der Waals surface area contributed by atoms with Gasteiger partial charge in [0.15, 0.2) is 0 Å². The Morgan fingerprint density at radius 2 is 1.86 bits per heavy atom. The number of ether oxygens (including phenoxy) is 1. The van der Waals surface area contributed by atoms with E-state index in [4.69, 9.17) is 4.74 Å². The minimum absolute atomic E-state index is 0.199. The lowest BCUT2D eigenvalue weighted by Crippen LogP contribution is -2.45. The van der Waals surface area contributed by atoms with Crippen molar-refractivity contribution in [2.24, 2.45) is 0 Å². The molecule has 0 radical (unpaired) electrons. The summed E-state index contributed by atoms with van der Waals surface area (Å²) in [6.45, 7) is 5.15. The quantitative estimate of drug-likeness (QED) is 0.801. The van der Waals surface area contributed by atoms with Crippen LogP contribution in [0.2, 0.25) is 0 Å². The molecule has 6 heteroatoms. The first kappa shape index (κ1) is 15.3. The summed E-state index contributed by atoms with van der Waals surface area (Å²) in [4.78, 5) is 28.4. The molecule has 2 amide bonds. The maximum absolute atomic E-state index is 12.4. The van der Waals surface area contributed by atoms with Crippen LogP contribution in [0.25, 0.3) is 6.08 Å². The standard InChI is InChI=1S/C16H18N2O3S/c1-12-2-4-13(5-3-12)10-14-15(19)18(16(20)22-14)11-17-6-8-21-9-7-17/h2-5,10H,6-9,11H2,1H3/b14-10-. The second kappa shape index (κ2) is 6.64. The van der Waals surface area contributed by atoms with Gasteiger partial charge in [-0.1, -0.05) is 29.8 Å². The predicted octanol–water partition coefficient (Wildman–Crippen LogP) is 2.32. The molecule has 0 bridgehead atoms. The lowest BCUT2D eigenvalue weighted by molar-refractivity contribution is -0.125. The van der Waals surface area contributed by atoms with Gasteiger partial charge in [0.2, 0.25) is 0 Å². The summed E-state index contributed by atoms with van der Waals surface area (Å²) < 4.78 is 5.28. The van der Waals surface area contributed by atoms with Gasteiger partial charge in [-0.25, -0.2) is 0 Å². The molecule has 22 heavy (non-hydrogen) atoms. The molecule has 5 nitrogen and oxygen atoms in total. The van der Waals surface area contributed by atoms with E-state index in [1.807, 2.05) is 31.2 Å². The highest BCUT2D eigenvalue weighted by Crippen LogP contribution is 2.32. The van der Waals surface area contributed by atoms with Gasteiger partial charge in [0.1, 0.15) is 0 Å². The van der Waals surface area contributed by atoms with Gasteiger partial charge in [-0.2, -0.15) is 0 Å². The fourth-order valence-corrected chi connectivity index (χ4v) is 3.21. The first-order valence-corrected chi connectivity index (χ1v) is 8.07. The molecule has 1 aromatic carbocycles. The summed E-state index contributed by atoms with van der Waals surface area (Å²) >= 11 is 1.01. The number of hydrogen-bond donors (Lipinski definition) is 0. The van der Waals surface area contributed by atoms with Crippen LogP contribution in [-0.4, -0.2) is 53.9 Å². The molecule has 0 saturated carbocycles. The van der Waals surface area contributed by atoms with E-state index < -0.39 is 0 Å². The van der Waals surface area contributed by atoms with Crippen LogP contribution in [-0.2, 0) is 9.53 Å². The van der Waals surface area contributed by atoms with Crippen LogP contribution in [0, 0.1) is 6.92 Å². The number of nitrogens with zero attached hydrogens (tertiary/aromatic N) is 2. The summed E-state index contributed by atoms with van der Waals surface area (Å²) in [5.74, 6) is -0.206. The summed E-state index contributed by atoms with van der Waals surface area (Å²) in [5, 5.41) is -0.199. The van der Waals surface area contributed by atoms with Crippen molar-refractivity contribution in [3.8, 4) is 0 Å². The Morgan fingerprint density at radius 3 is 2.55 bits per heavy atom. The lowest BCUT2D eigenvalue weighted by Gasteiger charge is -2.29. The number of aryl methyl sites for hydroxylation is 1. The van der Waals surface area contributed by atoms with Crippen LogP contribution < -0.4 is 0 Å². The first-order valence-electron chi connectivity index (χ1n) is 7.25. The molecule has 0 aromatic heterocycles. The van der Waals surface area contributed by atoms with Gasteiger partial charge >= 0.3 is 0 Å². The largest absolute Gasteiger partial charge is 0.379 e. The fraction of sp³-hybridized carbons (Fsp3) is 0.375. The van der Waals surface area contributed by atoms with Gasteiger partial charge in [0.25, 0.3) is 11.1 Å². The normalized spacial score (nSPS) is 21.9. The van der Waals surface area contributed by atoms with Crippen LogP contribution in [0.15, 0.2) is 29.2 Å². The minimum atomic E-state index is -0.206. The molecule has 3 rings (SSSR count). The van der Waals surface area contributed by atoms with Gasteiger partial charge in [-0.3, -0.25) is 19.4 Å². The Labute approximate surface area is 133 Å². The monoisotopic (exact) mass is 318 g/mol. The van der Waals surface area contributed by atoms with Gasteiger partial charge in [0, 0.05) is 13.1 Å². The topological polar surface area (TPSA) is 49.9 Å². The number of rotatable bonds is 3. The molecule has 2 aliphatic heterocycles. The Balaban J connectivity index is 1.71. The van der Waals surface area contributed by atoms with E-state index in [9.17, 15) is 9.59 Å². The van der Waals surface area contributed by atoms with Crippen LogP contribution in [0.1, 0.15) is 11.1 Å². The van der Waals surface area contributed by atoms with Gasteiger partial charge in [0.05, 0.1) is 24.8 Å². The molecule has 0 unspecified atom stereocenters. The smallest absolute Gasteiger partial charge is 0.294 e. The third-order valence-electron chi connectivity index (χ3n) is 3.69. The highest BCUT2D eigenvalue weighted by Gasteiger charge is 2.36. The molecule has 2 heterocycles. The van der Waals surface area contributed by atoms with E-state index in [2.05, 4.69) is 4.90 Å². The van der Waals surface area contributed by atoms with Crippen LogP contribution in [0.5, 0.6) is 0 Å². The number of benzene rings is 1. The summed E-state index contributed by atoms with van der Waals surface area (Å²) in [6.07, 6.45) is 1.78. The first-order chi connectivity index (χ1) is 10.6. The summed E-state index contributed by atoms with van der Waals surface area (Å²) in [5.41, 5.74) is 2.10. The third kappa shape index (κ3) is 3.40. The predicted molar refractivity (Wildman–Crippen MR) is 86.2 cm³/mol. The summed E-state index contributed by atoms with van der Waals surface area (Å²) in [6, 6.07) is 7.88. The van der Waals surface area contributed by atoms with Crippen molar-refractivity contribution in [2.45, 2.75) is 6.92 Å². The number of carbonyl (C=O) groups is 2. The number of thioether (sulfide) groups is 1. The third-order valence-corrected chi connectivity index (χ3v) is 4.60. The highest BCUT2D eigenvalue weighted by molar-refractivity contribution is 8.18. The number of morpholine rings is 1. The molecule has 2 fully saturated rings. The van der Waals surface area contributed by atoms with Gasteiger partial charge in [-0.15, -0.1) is 0 Å². The Hall–Kier alpha value is -1.63. The van der Waals surface area contributed by atoms with Crippen molar-refractivity contribution in [3.63, 3.8) is 0 Å². The lowest BCUT2D eigenvalue weighted by atomic mass is 10.1. The molecular formula is C16H18N2O3S. The van der Waals surface area contributed by atoms with Crippen molar-refractivity contribution >= 4 is 29.0 Å². The van der Waals surface area contributed by atoms with Crippen LogP contribution >= 0.6 is 11.8 Å². The molecule has 2 aliphatic rings. The second-order valence-corrected chi connectivity index (χ2v) is 6.39. The number of amides is 2. The zero-order chi connectivity index (χ0) is 15.5. The number of imide groups is 1. The molecule has 116 valence electrons. The Kier molecular flexibility index (Phi) is 4.61. The maximum atomic E-state index is 12.4. The average molecular weight is 318 g/mol. The van der Waals surface area contributed by atoms with E-state index in [0.717, 1.165) is 36.0 Å². The molecule has 1 aromatic rings. The SMILES string of the molecule is Cc1ccc(/C=C2\SC(=O)N(CN3CCOCC3)C2=O)cc1. The van der Waals surface area contributed by atoms with E-state index in [1.165, 1.54) is 4.90 Å². The minimum Gasteiger partial charge on any atom is -0.379 e. The van der Waals surface area contributed by atoms with Crippen LogP contribution in [0.3, 0.4) is 0 Å². The highest BCUT2D eigenvalue weighted by atomic mass is 32.2. The van der Waals surface area contributed by atoms with Crippen molar-refractivity contribution in [1.82, 2.24) is 9.80 Å². The Morgan fingerprint density at radius 1 is 1.18 bits per heavy atom. The maximum Gasteiger partial charge on any atom is 0.294 e. The van der Waals surface area contributed by atoms with E-state index >= 15 is 0 Å². The molecule has 0 atom stereocenters. The van der Waals surface area contributed by atoms with E-state index in [0.29, 0.717) is 24.8 Å². The van der Waals surface area contributed by atoms with E-state index in [-0.39, 0.29) is 11.1 Å². The summed E-state index contributed by atoms with van der Waals surface area (Å²) in [7, 11) is 0. The van der Waals surface area contributed by atoms with Crippen LogP contribution in [0.4, 0.5) is 4.79 Å². The van der Waals surface area contributed by atoms with Gasteiger partial charge < -0.3 is 4.74 Å². The van der Waals surface area contributed by atoms with Crippen molar-refractivity contribution in [1.29, 1.82) is 0 Å². The van der Waals surface area contributed by atoms with Crippen molar-refractivity contribution in [2.75, 3.05) is 33.0 Å². The number of hydrogen-bond acceptors (Lipinski definition) is 5. The molecule has 0 spiro atoms. The zero-order valence-electron chi connectivity index (χ0n) is 12.4. The molecular weight excluding hydrogens is 300 g/mol. The Bertz CT molecular complexity index is 606. The zero-order valence-corrected chi connectivity index (χ0v) is 13.3. The van der Waals surface area contributed by atoms with Crippen molar-refractivity contribution in [3.05, 3.63) is 40.3 Å². The molecule has 0 N–H and O–H groups in total. The molecule has 2 saturated heterocycles. The average Bonchev–Trinajstić information content (AvgIpc) is 2.78. The second-order valence-electron chi connectivity index (χ2n) is 5.39. The van der Waals surface area contributed by atoms with Crippen molar-refractivity contribution < 1.29 is 14.3 Å². The molecule has 0 aliphatic carbocycles. The fourth-order valence-electron chi connectivity index (χ4n) is 2.38.